The molecule has 0 saturated carbocycles. The number of hydrogen-bond donors (Lipinski definition) is 0. The van der Waals surface area contributed by atoms with Crippen molar-refractivity contribution in [1.82, 2.24) is 0 Å². The van der Waals surface area contributed by atoms with Crippen molar-refractivity contribution >= 4 is 0 Å². The third kappa shape index (κ3) is 0.901. The Balaban J connectivity index is 2.78. The molecule has 0 amide bonds. The predicted octanol–water partition coefficient (Wildman–Crippen LogP) is 1.88. The maximum Gasteiger partial charge on any atom is 0.424 e. The van der Waals surface area contributed by atoms with Crippen LogP contribution in [0.15, 0.2) is 0 Å². The van der Waals surface area contributed by atoms with Crippen LogP contribution in [-0.2, 0) is 4.74 Å². The number of hydrogen-bond acceptors (Lipinski definition) is 1. The third-order valence-electron chi connectivity index (χ3n) is 1.24. The third-order valence-corrected chi connectivity index (χ3v) is 1.24. The molecule has 1 aliphatic heterocycles. The average Bonchev–Trinajstić information content (AvgIpc) is 2.35. The van der Waals surface area contributed by atoms with E-state index >= 15 is 0 Å². The minimum absolute atomic E-state index is 2.51. The topological polar surface area (TPSA) is 12.5 Å². The summed E-state index contributed by atoms with van der Waals surface area (Å²) in [7, 11) is 0. The van der Waals surface area contributed by atoms with Crippen LogP contribution in [0.1, 0.15) is 0 Å². The van der Waals surface area contributed by atoms with E-state index in [1.54, 1.807) is 0 Å². The van der Waals surface area contributed by atoms with Crippen LogP contribution in [-0.4, -0.2) is 24.6 Å². The molecule has 0 N–H and O–H groups in total. The van der Waals surface area contributed by atoms with E-state index < -0.39 is 24.6 Å². The molecule has 1 saturated heterocycles. The molecule has 0 aromatic carbocycles. The van der Waals surface area contributed by atoms with Gasteiger partial charge in [-0.2, -0.15) is 22.0 Å². The lowest BCUT2D eigenvalue weighted by Crippen LogP contribution is -2.39. The lowest BCUT2D eigenvalue weighted by Gasteiger charge is -2.11. The molecule has 0 spiro atoms. The summed E-state index contributed by atoms with van der Waals surface area (Å²) >= 11 is 0. The van der Waals surface area contributed by atoms with Crippen molar-refractivity contribution in [3.8, 4) is 0 Å². The molecule has 0 aliphatic carbocycles. The summed E-state index contributed by atoms with van der Waals surface area (Å²) in [5, 5.41) is 0. The highest BCUT2D eigenvalue weighted by Crippen LogP contribution is 2.59. The Labute approximate surface area is 56.9 Å². The summed E-state index contributed by atoms with van der Waals surface area (Å²) in [5.41, 5.74) is 0. The SMILES string of the molecule is FCC(F)(F)C1(F)OC1(F)F. The van der Waals surface area contributed by atoms with E-state index in [2.05, 4.69) is 4.74 Å². The van der Waals surface area contributed by atoms with Crippen molar-refractivity contribution in [2.45, 2.75) is 17.9 Å². The number of halogens is 6. The van der Waals surface area contributed by atoms with E-state index in [-0.39, 0.29) is 0 Å². The zero-order chi connectivity index (χ0) is 8.91. The molecule has 1 rings (SSSR count). The second-order valence-electron chi connectivity index (χ2n) is 2.05. The maximum absolute atomic E-state index is 12.1. The highest BCUT2D eigenvalue weighted by atomic mass is 19.3. The van der Waals surface area contributed by atoms with Crippen molar-refractivity contribution in [3.05, 3.63) is 0 Å². The second-order valence-corrected chi connectivity index (χ2v) is 2.05. The van der Waals surface area contributed by atoms with Gasteiger partial charge in [-0.1, -0.05) is 0 Å². The van der Waals surface area contributed by atoms with Crippen molar-refractivity contribution in [3.63, 3.8) is 0 Å². The van der Waals surface area contributed by atoms with Gasteiger partial charge in [-0.3, -0.25) is 4.74 Å². The number of ether oxygens (including phenoxy) is 1. The molecule has 7 heteroatoms. The number of alkyl halides is 6. The summed E-state index contributed by atoms with van der Waals surface area (Å²) in [6, 6.07) is 0. The zero-order valence-electron chi connectivity index (χ0n) is 4.88. The minimum Gasteiger partial charge on any atom is -0.265 e. The molecule has 1 aliphatic rings. The van der Waals surface area contributed by atoms with Crippen LogP contribution < -0.4 is 0 Å². The first-order valence-electron chi connectivity index (χ1n) is 2.47. The van der Waals surface area contributed by atoms with E-state index in [1.165, 1.54) is 0 Å². The van der Waals surface area contributed by atoms with Gasteiger partial charge in [-0.15, -0.1) is 0 Å². The largest absolute Gasteiger partial charge is 0.424 e. The summed E-state index contributed by atoms with van der Waals surface area (Å²) in [4.78, 5) is 0. The second kappa shape index (κ2) is 1.82. The maximum atomic E-state index is 12.1. The van der Waals surface area contributed by atoms with Crippen LogP contribution in [0.25, 0.3) is 0 Å². The first-order valence-corrected chi connectivity index (χ1v) is 2.47. The molecule has 0 aromatic heterocycles. The van der Waals surface area contributed by atoms with E-state index in [9.17, 15) is 26.3 Å². The Morgan fingerprint density at radius 3 is 1.64 bits per heavy atom. The van der Waals surface area contributed by atoms with Crippen molar-refractivity contribution < 1.29 is 31.1 Å². The van der Waals surface area contributed by atoms with Gasteiger partial charge < -0.3 is 0 Å². The van der Waals surface area contributed by atoms with Crippen molar-refractivity contribution in [2.75, 3.05) is 6.67 Å². The van der Waals surface area contributed by atoms with Crippen LogP contribution in [0.5, 0.6) is 0 Å². The Bertz CT molecular complexity index is 179. The fourth-order valence-corrected chi connectivity index (χ4v) is 0.525. The van der Waals surface area contributed by atoms with Gasteiger partial charge in [0, 0.05) is 0 Å². The number of epoxide rings is 1. The lowest BCUT2D eigenvalue weighted by atomic mass is 10.2. The molecule has 1 heterocycles. The van der Waals surface area contributed by atoms with E-state index in [4.69, 9.17) is 0 Å². The summed E-state index contributed by atoms with van der Waals surface area (Å²) in [5.74, 6) is -9.23. The summed E-state index contributed by atoms with van der Waals surface area (Å²) in [6.07, 6.45) is -4.57. The van der Waals surface area contributed by atoms with Crippen molar-refractivity contribution in [2.24, 2.45) is 0 Å². The van der Waals surface area contributed by atoms with Gasteiger partial charge in [0.15, 0.2) is 6.67 Å². The van der Waals surface area contributed by atoms with Gasteiger partial charge in [0.05, 0.1) is 0 Å². The van der Waals surface area contributed by atoms with Gasteiger partial charge in [0.1, 0.15) is 0 Å². The van der Waals surface area contributed by atoms with Crippen LogP contribution in [0.2, 0.25) is 0 Å². The average molecular weight is 180 g/mol. The molecule has 0 bridgehead atoms. The van der Waals surface area contributed by atoms with E-state index in [0.29, 0.717) is 0 Å². The smallest absolute Gasteiger partial charge is 0.265 e. The van der Waals surface area contributed by atoms with E-state index in [1.807, 2.05) is 0 Å². The summed E-state index contributed by atoms with van der Waals surface area (Å²) < 4.78 is 73.1. The predicted molar refractivity (Wildman–Crippen MR) is 20.8 cm³/mol. The molecule has 0 aromatic rings. The molecule has 11 heavy (non-hydrogen) atoms. The fraction of sp³-hybridized carbons (Fsp3) is 1.00. The van der Waals surface area contributed by atoms with Crippen LogP contribution >= 0.6 is 0 Å². The van der Waals surface area contributed by atoms with Gasteiger partial charge in [0.25, 0.3) is 0 Å². The zero-order valence-corrected chi connectivity index (χ0v) is 4.88. The molecule has 1 unspecified atom stereocenters. The Morgan fingerprint density at radius 1 is 1.18 bits per heavy atom. The molecular formula is C4H2F6O. The lowest BCUT2D eigenvalue weighted by molar-refractivity contribution is -0.153. The van der Waals surface area contributed by atoms with Gasteiger partial charge >= 0.3 is 17.9 Å². The van der Waals surface area contributed by atoms with Gasteiger partial charge in [0.2, 0.25) is 0 Å². The van der Waals surface area contributed by atoms with Gasteiger partial charge in [-0.05, 0) is 0 Å². The molecule has 1 atom stereocenters. The highest BCUT2D eigenvalue weighted by Gasteiger charge is 2.88. The molecular weight excluding hydrogens is 178 g/mol. The normalized spacial score (nSPS) is 35.5. The Kier molecular flexibility index (Phi) is 1.43. The molecule has 1 nitrogen and oxygen atoms in total. The molecule has 66 valence electrons. The van der Waals surface area contributed by atoms with Gasteiger partial charge in [-0.25, -0.2) is 4.39 Å². The van der Waals surface area contributed by atoms with Crippen LogP contribution in [0.4, 0.5) is 26.3 Å². The van der Waals surface area contributed by atoms with Crippen molar-refractivity contribution in [1.29, 1.82) is 0 Å². The number of rotatable bonds is 2. The quantitative estimate of drug-likeness (QED) is 0.466. The van der Waals surface area contributed by atoms with Crippen LogP contribution in [0, 0.1) is 0 Å². The monoisotopic (exact) mass is 180 g/mol. The van der Waals surface area contributed by atoms with Crippen LogP contribution in [0.3, 0.4) is 0 Å². The fourth-order valence-electron chi connectivity index (χ4n) is 0.525. The van der Waals surface area contributed by atoms with E-state index in [0.717, 1.165) is 0 Å². The highest BCUT2D eigenvalue weighted by molar-refractivity contribution is 5.04. The Hall–Kier alpha value is -0.460. The summed E-state index contributed by atoms with van der Waals surface area (Å²) in [6.45, 7) is -2.51. The molecule has 0 radical (unpaired) electrons. The Morgan fingerprint density at radius 2 is 1.55 bits per heavy atom. The molecule has 1 fully saturated rings. The standard InChI is InChI=1S/C4H2F6O/c5-1-2(6,7)3(8)4(9,10)11-3/h1H2. The first kappa shape index (κ1) is 8.63. The minimum atomic E-state index is -4.78. The first-order chi connectivity index (χ1) is 4.77.